The zero-order chi connectivity index (χ0) is 12.8. The molecule has 17 heavy (non-hydrogen) atoms. The topological polar surface area (TPSA) is 66.4 Å². The maximum absolute atomic E-state index is 11.7. The number of aliphatic carboxylic acids is 1. The Bertz CT molecular complexity index is 405. The Morgan fingerprint density at radius 1 is 1.53 bits per heavy atom. The molecule has 0 aliphatic heterocycles. The number of nitrogens with one attached hydrogen (secondary N) is 1. The van der Waals surface area contributed by atoms with Crippen molar-refractivity contribution >= 4 is 34.8 Å². The summed E-state index contributed by atoms with van der Waals surface area (Å²) in [6.07, 6.45) is 2.10. The van der Waals surface area contributed by atoms with E-state index in [-0.39, 0.29) is 5.91 Å². The van der Waals surface area contributed by atoms with E-state index in [0.717, 1.165) is 24.2 Å². The summed E-state index contributed by atoms with van der Waals surface area (Å²) in [5.74, 6) is -1.39. The number of amides is 1. The molecule has 0 radical (unpaired) electrons. The maximum Gasteiger partial charge on any atom is 0.326 e. The molecule has 0 saturated carbocycles. The number of carboxylic acids is 1. The molecule has 0 saturated heterocycles. The van der Waals surface area contributed by atoms with Gasteiger partial charge in [-0.3, -0.25) is 4.79 Å². The summed E-state index contributed by atoms with van der Waals surface area (Å²) in [5, 5.41) is 11.5. The molecule has 1 heterocycles. The minimum atomic E-state index is -1.01. The molecule has 0 spiro atoms. The van der Waals surface area contributed by atoms with E-state index < -0.39 is 12.0 Å². The molecular formula is C11H14ClNO3S. The van der Waals surface area contributed by atoms with E-state index in [4.69, 9.17) is 16.7 Å². The third kappa shape index (κ3) is 4.36. The molecule has 2 N–H and O–H groups in total. The maximum atomic E-state index is 11.7. The van der Waals surface area contributed by atoms with Gasteiger partial charge in [0.05, 0.1) is 9.21 Å². The van der Waals surface area contributed by atoms with Gasteiger partial charge in [0.25, 0.3) is 5.91 Å². The van der Waals surface area contributed by atoms with Gasteiger partial charge in [-0.15, -0.1) is 11.3 Å². The lowest BCUT2D eigenvalue weighted by Crippen LogP contribution is -2.40. The fraction of sp³-hybridized carbons (Fsp3) is 0.455. The van der Waals surface area contributed by atoms with Crippen molar-refractivity contribution in [2.75, 3.05) is 0 Å². The van der Waals surface area contributed by atoms with Crippen molar-refractivity contribution in [2.45, 2.75) is 32.2 Å². The van der Waals surface area contributed by atoms with Crippen LogP contribution in [0.2, 0.25) is 4.34 Å². The van der Waals surface area contributed by atoms with Crippen LogP contribution in [-0.2, 0) is 4.79 Å². The molecule has 1 amide bonds. The van der Waals surface area contributed by atoms with Crippen LogP contribution in [0.4, 0.5) is 0 Å². The number of carbonyl (C=O) groups excluding carboxylic acids is 1. The highest BCUT2D eigenvalue weighted by atomic mass is 35.5. The van der Waals surface area contributed by atoms with Crippen LogP contribution in [0.5, 0.6) is 0 Å². The smallest absolute Gasteiger partial charge is 0.326 e. The van der Waals surface area contributed by atoms with Crippen molar-refractivity contribution in [1.29, 1.82) is 0 Å². The number of carboxylic acid groups (broad SMARTS) is 1. The number of halogens is 1. The van der Waals surface area contributed by atoms with Crippen LogP contribution in [0.15, 0.2) is 12.1 Å². The Hall–Kier alpha value is -1.07. The van der Waals surface area contributed by atoms with Gasteiger partial charge in [-0.1, -0.05) is 31.4 Å². The van der Waals surface area contributed by atoms with Crippen molar-refractivity contribution in [2.24, 2.45) is 0 Å². The summed E-state index contributed by atoms with van der Waals surface area (Å²) < 4.78 is 0.510. The number of hydrogen-bond acceptors (Lipinski definition) is 3. The van der Waals surface area contributed by atoms with Crippen molar-refractivity contribution in [3.05, 3.63) is 21.3 Å². The summed E-state index contributed by atoms with van der Waals surface area (Å²) in [6, 6.07) is 2.37. The molecule has 1 rings (SSSR count). The van der Waals surface area contributed by atoms with E-state index in [1.807, 2.05) is 6.92 Å². The first-order valence-electron chi connectivity index (χ1n) is 5.33. The molecule has 0 fully saturated rings. The second-order valence-electron chi connectivity index (χ2n) is 3.61. The first kappa shape index (κ1) is 14.0. The van der Waals surface area contributed by atoms with Gasteiger partial charge >= 0.3 is 5.97 Å². The zero-order valence-electron chi connectivity index (χ0n) is 9.40. The van der Waals surface area contributed by atoms with Gasteiger partial charge in [0.15, 0.2) is 0 Å². The van der Waals surface area contributed by atoms with Crippen LogP contribution < -0.4 is 5.32 Å². The minimum Gasteiger partial charge on any atom is -0.480 e. The van der Waals surface area contributed by atoms with Crippen LogP contribution in [0.25, 0.3) is 0 Å². The van der Waals surface area contributed by atoms with E-state index >= 15 is 0 Å². The van der Waals surface area contributed by atoms with Gasteiger partial charge in [0, 0.05) is 0 Å². The average molecular weight is 276 g/mol. The van der Waals surface area contributed by atoms with E-state index in [1.165, 1.54) is 0 Å². The minimum absolute atomic E-state index is 0.384. The molecular weight excluding hydrogens is 262 g/mol. The van der Waals surface area contributed by atoms with Gasteiger partial charge < -0.3 is 10.4 Å². The predicted octanol–water partition coefficient (Wildman–Crippen LogP) is 2.77. The molecule has 0 bridgehead atoms. The molecule has 94 valence electrons. The van der Waals surface area contributed by atoms with Crippen LogP contribution in [0.3, 0.4) is 0 Å². The fourth-order valence-electron chi connectivity index (χ4n) is 1.33. The van der Waals surface area contributed by atoms with Crippen LogP contribution in [0, 0.1) is 0 Å². The lowest BCUT2D eigenvalue weighted by Gasteiger charge is -2.13. The highest BCUT2D eigenvalue weighted by Gasteiger charge is 2.20. The van der Waals surface area contributed by atoms with Crippen molar-refractivity contribution in [1.82, 2.24) is 5.32 Å². The number of carbonyl (C=O) groups is 2. The van der Waals surface area contributed by atoms with Crippen molar-refractivity contribution in [3.63, 3.8) is 0 Å². The molecule has 4 nitrogen and oxygen atoms in total. The lowest BCUT2D eigenvalue weighted by molar-refractivity contribution is -0.139. The molecule has 1 atom stereocenters. The van der Waals surface area contributed by atoms with E-state index in [1.54, 1.807) is 12.1 Å². The Morgan fingerprint density at radius 2 is 2.24 bits per heavy atom. The lowest BCUT2D eigenvalue weighted by atomic mass is 10.1. The zero-order valence-corrected chi connectivity index (χ0v) is 11.0. The highest BCUT2D eigenvalue weighted by Crippen LogP contribution is 2.21. The van der Waals surface area contributed by atoms with E-state index in [9.17, 15) is 9.59 Å². The molecule has 6 heteroatoms. The first-order valence-corrected chi connectivity index (χ1v) is 6.53. The first-order chi connectivity index (χ1) is 8.04. The third-order valence-corrected chi connectivity index (χ3v) is 3.48. The molecule has 0 aromatic carbocycles. The van der Waals surface area contributed by atoms with E-state index in [0.29, 0.717) is 15.6 Å². The second-order valence-corrected chi connectivity index (χ2v) is 5.33. The number of thiophene rings is 1. The molecule has 0 aliphatic carbocycles. The molecule has 0 aliphatic rings. The van der Waals surface area contributed by atoms with Gasteiger partial charge in [-0.25, -0.2) is 4.79 Å². The molecule has 1 aromatic rings. The highest BCUT2D eigenvalue weighted by molar-refractivity contribution is 7.18. The number of unbranched alkanes of at least 4 members (excludes halogenated alkanes) is 1. The van der Waals surface area contributed by atoms with Crippen molar-refractivity contribution < 1.29 is 14.7 Å². The monoisotopic (exact) mass is 275 g/mol. The Kier molecular flexibility index (Phi) is 5.44. The third-order valence-electron chi connectivity index (χ3n) is 2.25. The Morgan fingerprint density at radius 3 is 2.71 bits per heavy atom. The summed E-state index contributed by atoms with van der Waals surface area (Å²) in [6.45, 7) is 1.97. The largest absolute Gasteiger partial charge is 0.480 e. The number of hydrogen-bond donors (Lipinski definition) is 2. The van der Waals surface area contributed by atoms with Gasteiger partial charge in [-0.2, -0.15) is 0 Å². The second kappa shape index (κ2) is 6.61. The summed E-state index contributed by atoms with van der Waals surface area (Å²) in [4.78, 5) is 23.1. The SMILES string of the molecule is CCCCC(NC(=O)c1ccc(Cl)s1)C(=O)O. The fourth-order valence-corrected chi connectivity index (χ4v) is 2.28. The van der Waals surface area contributed by atoms with Crippen LogP contribution >= 0.6 is 22.9 Å². The van der Waals surface area contributed by atoms with Gasteiger partial charge in [-0.05, 0) is 18.6 Å². The predicted molar refractivity (Wildman–Crippen MR) is 67.7 cm³/mol. The average Bonchev–Trinajstić information content (AvgIpc) is 2.70. The Balaban J connectivity index is 2.60. The molecule has 1 aromatic heterocycles. The summed E-state index contributed by atoms with van der Waals surface area (Å²) >= 11 is 6.84. The standard InChI is InChI=1S/C11H14ClNO3S/c1-2-3-4-7(11(15)16)13-10(14)8-5-6-9(12)17-8/h5-7H,2-4H2,1H3,(H,13,14)(H,15,16). The van der Waals surface area contributed by atoms with Crippen molar-refractivity contribution in [3.8, 4) is 0 Å². The summed E-state index contributed by atoms with van der Waals surface area (Å²) in [5.41, 5.74) is 0. The van der Waals surface area contributed by atoms with E-state index in [2.05, 4.69) is 5.32 Å². The Labute approximate surface area is 109 Å². The van der Waals surface area contributed by atoms with Crippen LogP contribution in [-0.4, -0.2) is 23.0 Å². The normalized spacial score (nSPS) is 12.1. The van der Waals surface area contributed by atoms with Gasteiger partial charge in [0.2, 0.25) is 0 Å². The molecule has 1 unspecified atom stereocenters. The number of rotatable bonds is 6. The summed E-state index contributed by atoms with van der Waals surface area (Å²) in [7, 11) is 0. The quantitative estimate of drug-likeness (QED) is 0.839. The van der Waals surface area contributed by atoms with Gasteiger partial charge in [0.1, 0.15) is 6.04 Å². The van der Waals surface area contributed by atoms with Crippen LogP contribution in [0.1, 0.15) is 35.9 Å².